The molecule has 1 N–H and O–H groups in total. The van der Waals surface area contributed by atoms with Crippen molar-refractivity contribution < 1.29 is 31.1 Å². The molecule has 2 nitrogen and oxygen atoms in total. The molecule has 4 aromatic rings. The summed E-state index contributed by atoms with van der Waals surface area (Å²) in [7, 11) is 0. The number of hydrogen-bond donors (Lipinski definition) is 1. The van der Waals surface area contributed by atoms with Gasteiger partial charge in [0.25, 0.3) is 0 Å². The first-order chi connectivity index (χ1) is 18.5. The average Bonchev–Trinajstić information content (AvgIpc) is 2.92. The van der Waals surface area contributed by atoms with Crippen LogP contribution in [-0.4, -0.2) is 5.91 Å². The zero-order valence-corrected chi connectivity index (χ0v) is 20.7. The summed E-state index contributed by atoms with van der Waals surface area (Å²) in [4.78, 5) is 13.4. The average molecular weight is 542 g/mol. The zero-order valence-electron chi connectivity index (χ0n) is 20.7. The number of halogens is 6. The van der Waals surface area contributed by atoms with Crippen LogP contribution in [0.1, 0.15) is 39.8 Å². The second-order valence-corrected chi connectivity index (χ2v) is 9.26. The van der Waals surface area contributed by atoms with E-state index in [1.165, 1.54) is 24.3 Å². The van der Waals surface area contributed by atoms with Crippen molar-refractivity contribution in [1.82, 2.24) is 5.32 Å². The number of benzene rings is 4. The standard InChI is InChI=1S/C31H25F6NO/c32-30(33,34)26-15-7-13-24(19-26)29(21-23-11-5-2-6-12-23,25-14-8-16-27(20-25)31(35,36)37)38-28(39)18-17-22-9-3-1-4-10-22/h1-16,19-20H,17-18,21H2,(H,38,39). The number of carbonyl (C=O) groups is 1. The number of aryl methyl sites for hydroxylation is 1. The molecular formula is C31H25F6NO. The molecule has 0 heterocycles. The van der Waals surface area contributed by atoms with Gasteiger partial charge in [0.1, 0.15) is 0 Å². The molecule has 0 aliphatic rings. The number of alkyl halides is 6. The molecule has 0 atom stereocenters. The highest BCUT2D eigenvalue weighted by Crippen LogP contribution is 2.39. The fourth-order valence-electron chi connectivity index (χ4n) is 4.59. The maximum absolute atomic E-state index is 13.7. The van der Waals surface area contributed by atoms with E-state index < -0.39 is 34.9 Å². The van der Waals surface area contributed by atoms with Crippen LogP contribution in [0, 0.1) is 0 Å². The minimum atomic E-state index is -4.69. The molecule has 0 saturated carbocycles. The van der Waals surface area contributed by atoms with Gasteiger partial charge in [-0.1, -0.05) is 84.9 Å². The summed E-state index contributed by atoms with van der Waals surface area (Å²) in [5.41, 5.74) is -2.12. The third-order valence-corrected chi connectivity index (χ3v) is 6.51. The molecule has 0 unspecified atom stereocenters. The van der Waals surface area contributed by atoms with Crippen molar-refractivity contribution in [2.45, 2.75) is 37.2 Å². The molecule has 4 aromatic carbocycles. The van der Waals surface area contributed by atoms with Crippen molar-refractivity contribution in [3.63, 3.8) is 0 Å². The molecule has 0 aliphatic carbocycles. The van der Waals surface area contributed by atoms with Gasteiger partial charge in [0.15, 0.2) is 0 Å². The van der Waals surface area contributed by atoms with Crippen molar-refractivity contribution in [1.29, 1.82) is 0 Å². The van der Waals surface area contributed by atoms with Gasteiger partial charge in [-0.25, -0.2) is 0 Å². The van der Waals surface area contributed by atoms with Gasteiger partial charge in [-0.3, -0.25) is 4.79 Å². The Morgan fingerprint density at radius 2 is 1.00 bits per heavy atom. The topological polar surface area (TPSA) is 29.1 Å². The molecule has 39 heavy (non-hydrogen) atoms. The second kappa shape index (κ2) is 11.4. The van der Waals surface area contributed by atoms with Crippen molar-refractivity contribution >= 4 is 5.91 Å². The highest BCUT2D eigenvalue weighted by molar-refractivity contribution is 5.78. The summed E-state index contributed by atoms with van der Waals surface area (Å²) < 4.78 is 82.4. The highest BCUT2D eigenvalue weighted by atomic mass is 19.4. The third-order valence-electron chi connectivity index (χ3n) is 6.51. The van der Waals surface area contributed by atoms with Crippen LogP contribution in [0.2, 0.25) is 0 Å². The van der Waals surface area contributed by atoms with Gasteiger partial charge in [-0.15, -0.1) is 0 Å². The predicted molar refractivity (Wildman–Crippen MR) is 137 cm³/mol. The minimum Gasteiger partial charge on any atom is -0.342 e. The Balaban J connectivity index is 1.88. The number of rotatable bonds is 8. The molecule has 4 rings (SSSR count). The number of amides is 1. The molecule has 0 spiro atoms. The second-order valence-electron chi connectivity index (χ2n) is 9.26. The van der Waals surface area contributed by atoms with Gasteiger partial charge in [0.05, 0.1) is 16.7 Å². The van der Waals surface area contributed by atoms with E-state index in [0.29, 0.717) is 12.0 Å². The van der Waals surface area contributed by atoms with E-state index in [0.717, 1.165) is 29.8 Å². The van der Waals surface area contributed by atoms with Crippen molar-refractivity contribution in [3.8, 4) is 0 Å². The third kappa shape index (κ3) is 6.88. The van der Waals surface area contributed by atoms with E-state index in [4.69, 9.17) is 0 Å². The molecule has 0 bridgehead atoms. The zero-order chi connectivity index (χ0) is 28.1. The summed E-state index contributed by atoms with van der Waals surface area (Å²) in [5.74, 6) is -0.510. The summed E-state index contributed by atoms with van der Waals surface area (Å²) in [6.45, 7) is 0. The van der Waals surface area contributed by atoms with Gasteiger partial charge < -0.3 is 5.32 Å². The smallest absolute Gasteiger partial charge is 0.342 e. The van der Waals surface area contributed by atoms with Crippen LogP contribution in [0.15, 0.2) is 109 Å². The van der Waals surface area contributed by atoms with E-state index >= 15 is 0 Å². The maximum atomic E-state index is 13.7. The Labute approximate surface area is 222 Å². The van der Waals surface area contributed by atoms with Gasteiger partial charge in [0, 0.05) is 12.8 Å². The first kappa shape index (κ1) is 28.0. The Hall–Kier alpha value is -4.07. The van der Waals surface area contributed by atoms with E-state index in [2.05, 4.69) is 5.32 Å². The summed E-state index contributed by atoms with van der Waals surface area (Å²) in [6, 6.07) is 26.5. The monoisotopic (exact) mass is 541 g/mol. The van der Waals surface area contributed by atoms with Crippen LogP contribution in [0.5, 0.6) is 0 Å². The lowest BCUT2D eigenvalue weighted by Gasteiger charge is -2.37. The van der Waals surface area contributed by atoms with E-state index in [1.54, 1.807) is 30.3 Å². The van der Waals surface area contributed by atoms with E-state index in [-0.39, 0.29) is 24.0 Å². The molecule has 1 amide bonds. The maximum Gasteiger partial charge on any atom is 0.416 e. The Kier molecular flexibility index (Phi) is 8.14. The van der Waals surface area contributed by atoms with Crippen LogP contribution in [0.3, 0.4) is 0 Å². The lowest BCUT2D eigenvalue weighted by atomic mass is 9.76. The van der Waals surface area contributed by atoms with Gasteiger partial charge in [-0.2, -0.15) is 26.3 Å². The molecule has 202 valence electrons. The highest BCUT2D eigenvalue weighted by Gasteiger charge is 2.40. The molecular weight excluding hydrogens is 516 g/mol. The SMILES string of the molecule is O=C(CCc1ccccc1)NC(Cc1ccccc1)(c1cccc(C(F)(F)F)c1)c1cccc(C(F)(F)F)c1. The summed E-state index contributed by atoms with van der Waals surface area (Å²) in [6.07, 6.45) is -9.13. The van der Waals surface area contributed by atoms with E-state index in [9.17, 15) is 31.1 Å². The Morgan fingerprint density at radius 1 is 0.564 bits per heavy atom. The number of nitrogens with one attached hydrogen (secondary N) is 1. The normalized spacial score (nSPS) is 12.3. The van der Waals surface area contributed by atoms with Crippen molar-refractivity contribution in [2.24, 2.45) is 0 Å². The summed E-state index contributed by atoms with van der Waals surface area (Å²) >= 11 is 0. The van der Waals surface area contributed by atoms with Crippen LogP contribution >= 0.6 is 0 Å². The largest absolute Gasteiger partial charge is 0.416 e. The van der Waals surface area contributed by atoms with Crippen LogP contribution in [0.4, 0.5) is 26.3 Å². The number of carbonyl (C=O) groups excluding carboxylic acids is 1. The molecule has 0 radical (unpaired) electrons. The van der Waals surface area contributed by atoms with Crippen LogP contribution in [-0.2, 0) is 35.5 Å². The molecule has 0 fully saturated rings. The fraction of sp³-hybridized carbons (Fsp3) is 0.194. The van der Waals surface area contributed by atoms with Crippen LogP contribution in [0.25, 0.3) is 0 Å². The Morgan fingerprint density at radius 3 is 1.46 bits per heavy atom. The molecule has 8 heteroatoms. The molecule has 0 aliphatic heterocycles. The lowest BCUT2D eigenvalue weighted by Crippen LogP contribution is -2.49. The first-order valence-corrected chi connectivity index (χ1v) is 12.2. The molecule has 0 saturated heterocycles. The first-order valence-electron chi connectivity index (χ1n) is 12.2. The van der Waals surface area contributed by atoms with Gasteiger partial charge in [-0.05, 0) is 52.9 Å². The number of hydrogen-bond acceptors (Lipinski definition) is 1. The van der Waals surface area contributed by atoms with Gasteiger partial charge >= 0.3 is 12.4 Å². The quantitative estimate of drug-likeness (QED) is 0.225. The molecule has 0 aromatic heterocycles. The minimum absolute atomic E-state index is 0.0154. The van der Waals surface area contributed by atoms with Crippen molar-refractivity contribution in [3.05, 3.63) is 143 Å². The fourth-order valence-corrected chi connectivity index (χ4v) is 4.59. The summed E-state index contributed by atoms with van der Waals surface area (Å²) in [5, 5.41) is 2.87. The lowest BCUT2D eigenvalue weighted by molar-refractivity contribution is -0.138. The Bertz CT molecular complexity index is 1340. The predicted octanol–water partition coefficient (Wildman–Crippen LogP) is 7.96. The van der Waals surface area contributed by atoms with Crippen molar-refractivity contribution in [2.75, 3.05) is 0 Å². The van der Waals surface area contributed by atoms with Gasteiger partial charge in [0.2, 0.25) is 5.91 Å². The van der Waals surface area contributed by atoms with E-state index in [1.807, 2.05) is 30.3 Å². The van der Waals surface area contributed by atoms with Crippen LogP contribution < -0.4 is 5.32 Å².